The maximum Gasteiger partial charge on any atom is 0.393 e. The maximum atomic E-state index is 13.7. The van der Waals surface area contributed by atoms with Crippen LogP contribution in [0.5, 0.6) is 0 Å². The lowest BCUT2D eigenvalue weighted by Crippen LogP contribution is -2.66. The molecular weight excluding hydrogens is 362 g/mol. The van der Waals surface area contributed by atoms with Crippen molar-refractivity contribution in [3.63, 3.8) is 0 Å². The van der Waals surface area contributed by atoms with Crippen LogP contribution in [0.4, 0.5) is 26.3 Å². The summed E-state index contributed by atoms with van der Waals surface area (Å²) in [5.41, 5.74) is 0. The number of halogens is 6. The summed E-state index contributed by atoms with van der Waals surface area (Å²) in [5.74, 6) is -23.7. The minimum atomic E-state index is -6.35. The van der Waals surface area contributed by atoms with E-state index in [9.17, 15) is 35.9 Å². The van der Waals surface area contributed by atoms with E-state index in [0.717, 1.165) is 0 Å². The zero-order valence-electron chi connectivity index (χ0n) is 13.5. The highest BCUT2D eigenvalue weighted by Gasteiger charge is 2.78. The molecule has 0 spiro atoms. The average molecular weight is 382 g/mol. The van der Waals surface area contributed by atoms with Gasteiger partial charge in [-0.25, -0.2) is 0 Å². The van der Waals surface area contributed by atoms with Crippen molar-refractivity contribution in [3.05, 3.63) is 0 Å². The number of rotatable bonds is 10. The van der Waals surface area contributed by atoms with E-state index in [4.69, 9.17) is 10.2 Å². The van der Waals surface area contributed by atoms with Crippen LogP contribution < -0.4 is 10.6 Å². The van der Waals surface area contributed by atoms with Gasteiger partial charge in [0.05, 0.1) is 25.3 Å². The standard InChI is InChI=1S/C13H20F6N2O4/c1-3-7(5-22)20-9(24)11(14,15)13(18,19)12(16,17)10(25)21-8(4-2)6-23/h7-8,22-23H,3-6H2,1-2H3,(H,20,24)(H,21,25)/t7-,8-/m1/s1. The fourth-order valence-electron chi connectivity index (χ4n) is 1.59. The molecule has 0 aliphatic carbocycles. The number of carbonyl (C=O) groups excluding carboxylic acids is 2. The molecule has 0 fully saturated rings. The van der Waals surface area contributed by atoms with Gasteiger partial charge < -0.3 is 20.8 Å². The number of hydrogen-bond acceptors (Lipinski definition) is 4. The topological polar surface area (TPSA) is 98.7 Å². The summed E-state index contributed by atoms with van der Waals surface area (Å²) >= 11 is 0. The van der Waals surface area contributed by atoms with Crippen LogP contribution in [0.25, 0.3) is 0 Å². The summed E-state index contributed by atoms with van der Waals surface area (Å²) < 4.78 is 81.8. The highest BCUT2D eigenvalue weighted by molar-refractivity contribution is 5.90. The molecule has 0 aliphatic heterocycles. The second kappa shape index (κ2) is 8.70. The van der Waals surface area contributed by atoms with Gasteiger partial charge in [0.2, 0.25) is 0 Å². The molecule has 0 radical (unpaired) electrons. The van der Waals surface area contributed by atoms with Gasteiger partial charge in [-0.2, -0.15) is 26.3 Å². The molecule has 6 nitrogen and oxygen atoms in total. The van der Waals surface area contributed by atoms with Gasteiger partial charge in [-0.3, -0.25) is 9.59 Å². The van der Waals surface area contributed by atoms with Crippen molar-refractivity contribution in [1.29, 1.82) is 0 Å². The lowest BCUT2D eigenvalue weighted by Gasteiger charge is -2.32. The Balaban J connectivity index is 5.52. The largest absolute Gasteiger partial charge is 0.394 e. The van der Waals surface area contributed by atoms with Crippen LogP contribution in [0.2, 0.25) is 0 Å². The fraction of sp³-hybridized carbons (Fsp3) is 0.846. The summed E-state index contributed by atoms with van der Waals surface area (Å²) in [6.45, 7) is 0.878. The Kier molecular flexibility index (Phi) is 8.15. The third-order valence-corrected chi connectivity index (χ3v) is 3.46. The molecule has 0 rings (SSSR count). The van der Waals surface area contributed by atoms with Crippen LogP contribution in [0, 0.1) is 0 Å². The van der Waals surface area contributed by atoms with Crippen LogP contribution >= 0.6 is 0 Å². The smallest absolute Gasteiger partial charge is 0.393 e. The second-order valence-corrected chi connectivity index (χ2v) is 5.25. The third kappa shape index (κ3) is 4.75. The van der Waals surface area contributed by atoms with Crippen LogP contribution in [0.15, 0.2) is 0 Å². The number of nitrogens with one attached hydrogen (secondary N) is 2. The highest BCUT2D eigenvalue weighted by Crippen LogP contribution is 2.46. The highest BCUT2D eigenvalue weighted by atomic mass is 19.3. The molecule has 0 aliphatic rings. The quantitative estimate of drug-likeness (QED) is 0.418. The molecule has 0 aromatic heterocycles. The zero-order valence-corrected chi connectivity index (χ0v) is 13.5. The SMILES string of the molecule is CC[C@H](CO)NC(=O)C(F)(F)C(F)(F)C(F)(F)C(=O)N[C@H](CC)CO. The zero-order chi connectivity index (χ0) is 20.1. The maximum absolute atomic E-state index is 13.7. The molecule has 0 bridgehead atoms. The first-order valence-electron chi connectivity index (χ1n) is 7.30. The van der Waals surface area contributed by atoms with Gasteiger partial charge in [-0.15, -0.1) is 0 Å². The molecular formula is C13H20F6N2O4. The number of aliphatic hydroxyl groups is 2. The van der Waals surface area contributed by atoms with Gasteiger partial charge in [0.1, 0.15) is 0 Å². The van der Waals surface area contributed by atoms with Crippen molar-refractivity contribution >= 4 is 11.8 Å². The van der Waals surface area contributed by atoms with E-state index in [1.54, 1.807) is 0 Å². The Labute approximate surface area is 139 Å². The van der Waals surface area contributed by atoms with Crippen molar-refractivity contribution in [2.75, 3.05) is 13.2 Å². The van der Waals surface area contributed by atoms with Crippen molar-refractivity contribution in [2.24, 2.45) is 0 Å². The number of amides is 2. The van der Waals surface area contributed by atoms with Crippen molar-refractivity contribution in [1.82, 2.24) is 10.6 Å². The average Bonchev–Trinajstić information content (AvgIpc) is 2.56. The van der Waals surface area contributed by atoms with Gasteiger partial charge >= 0.3 is 17.8 Å². The molecule has 0 saturated heterocycles. The normalized spacial score (nSPS) is 15.4. The van der Waals surface area contributed by atoms with Crippen molar-refractivity contribution < 1.29 is 46.1 Å². The number of carbonyl (C=O) groups is 2. The first-order valence-corrected chi connectivity index (χ1v) is 7.30. The summed E-state index contributed by atoms with van der Waals surface area (Å²) in [4.78, 5) is 22.6. The molecule has 0 unspecified atom stereocenters. The van der Waals surface area contributed by atoms with Crippen molar-refractivity contribution in [3.8, 4) is 0 Å². The minimum absolute atomic E-state index is 0.130. The number of aliphatic hydroxyl groups excluding tert-OH is 2. The predicted molar refractivity (Wildman–Crippen MR) is 73.5 cm³/mol. The predicted octanol–water partition coefficient (Wildman–Crippen LogP) is 0.666. The first-order chi connectivity index (χ1) is 11.3. The lowest BCUT2D eigenvalue weighted by molar-refractivity contribution is -0.287. The lowest BCUT2D eigenvalue weighted by atomic mass is 10.0. The van der Waals surface area contributed by atoms with Crippen LogP contribution in [0.1, 0.15) is 26.7 Å². The summed E-state index contributed by atoms with van der Waals surface area (Å²) in [5, 5.41) is 20.1. The molecule has 2 amide bonds. The molecule has 0 aromatic carbocycles. The molecule has 12 heteroatoms. The Morgan fingerprint density at radius 1 is 0.800 bits per heavy atom. The second-order valence-electron chi connectivity index (χ2n) is 5.25. The van der Waals surface area contributed by atoms with E-state index in [1.807, 2.05) is 0 Å². The minimum Gasteiger partial charge on any atom is -0.394 e. The van der Waals surface area contributed by atoms with Gasteiger partial charge in [-0.05, 0) is 12.8 Å². The Morgan fingerprint density at radius 2 is 1.08 bits per heavy atom. The summed E-state index contributed by atoms with van der Waals surface area (Å²) in [6.07, 6.45) is -0.259. The Morgan fingerprint density at radius 3 is 1.28 bits per heavy atom. The Hall–Kier alpha value is -1.56. The molecule has 4 N–H and O–H groups in total. The van der Waals surface area contributed by atoms with E-state index in [1.165, 1.54) is 24.5 Å². The third-order valence-electron chi connectivity index (χ3n) is 3.46. The van der Waals surface area contributed by atoms with Crippen LogP contribution in [-0.2, 0) is 9.59 Å². The molecule has 0 aromatic rings. The van der Waals surface area contributed by atoms with Gasteiger partial charge in [0.15, 0.2) is 0 Å². The summed E-state index contributed by atoms with van der Waals surface area (Å²) in [6, 6.07) is -2.70. The molecule has 0 heterocycles. The number of alkyl halides is 6. The van der Waals surface area contributed by atoms with Gasteiger partial charge in [0, 0.05) is 0 Å². The van der Waals surface area contributed by atoms with E-state index in [2.05, 4.69) is 0 Å². The molecule has 0 saturated carbocycles. The van der Waals surface area contributed by atoms with Crippen LogP contribution in [-0.4, -0.2) is 65.1 Å². The molecule has 25 heavy (non-hydrogen) atoms. The van der Waals surface area contributed by atoms with Crippen LogP contribution in [0.3, 0.4) is 0 Å². The van der Waals surface area contributed by atoms with E-state index in [0.29, 0.717) is 0 Å². The first kappa shape index (κ1) is 23.4. The van der Waals surface area contributed by atoms with Gasteiger partial charge in [0.25, 0.3) is 11.8 Å². The number of hydrogen-bond donors (Lipinski definition) is 4. The van der Waals surface area contributed by atoms with E-state index in [-0.39, 0.29) is 12.8 Å². The molecule has 148 valence electrons. The molecule has 2 atom stereocenters. The van der Waals surface area contributed by atoms with Gasteiger partial charge in [-0.1, -0.05) is 13.8 Å². The fourth-order valence-corrected chi connectivity index (χ4v) is 1.59. The van der Waals surface area contributed by atoms with E-state index >= 15 is 0 Å². The monoisotopic (exact) mass is 382 g/mol. The Bertz CT molecular complexity index is 427. The van der Waals surface area contributed by atoms with E-state index < -0.39 is 54.9 Å². The summed E-state index contributed by atoms with van der Waals surface area (Å²) in [7, 11) is 0. The van der Waals surface area contributed by atoms with Crippen molar-refractivity contribution in [2.45, 2.75) is 56.5 Å².